The summed E-state index contributed by atoms with van der Waals surface area (Å²) in [5.41, 5.74) is 1.78. The predicted octanol–water partition coefficient (Wildman–Crippen LogP) is 2.47. The lowest BCUT2D eigenvalue weighted by Crippen LogP contribution is -2.23. The van der Waals surface area contributed by atoms with E-state index >= 15 is 0 Å². The molecule has 0 aliphatic heterocycles. The summed E-state index contributed by atoms with van der Waals surface area (Å²) in [5.74, 6) is -0.305. The van der Waals surface area contributed by atoms with Crippen molar-refractivity contribution in [2.75, 3.05) is 0 Å². The fourth-order valence-corrected chi connectivity index (χ4v) is 1.68. The molecule has 0 unspecified atom stereocenters. The molecule has 4 heteroatoms. The molecule has 0 saturated carbocycles. The van der Waals surface area contributed by atoms with Crippen molar-refractivity contribution < 1.29 is 9.18 Å². The van der Waals surface area contributed by atoms with Gasteiger partial charge in [0.25, 0.3) is 0 Å². The quantitative estimate of drug-likeness (QED) is 0.895. The Morgan fingerprint density at radius 3 is 2.63 bits per heavy atom. The highest BCUT2D eigenvalue weighted by atomic mass is 19.1. The molecule has 1 heterocycles. The van der Waals surface area contributed by atoms with E-state index in [1.807, 2.05) is 18.2 Å². The molecule has 0 aliphatic carbocycles. The zero-order chi connectivity index (χ0) is 13.5. The number of rotatable bonds is 5. The van der Waals surface area contributed by atoms with Crippen LogP contribution in [0, 0.1) is 5.82 Å². The first kappa shape index (κ1) is 13.2. The predicted molar refractivity (Wildman–Crippen MR) is 70.8 cm³/mol. The van der Waals surface area contributed by atoms with Crippen LogP contribution in [0.4, 0.5) is 4.39 Å². The van der Waals surface area contributed by atoms with Gasteiger partial charge in [-0.2, -0.15) is 0 Å². The Balaban J connectivity index is 1.74. The smallest absolute Gasteiger partial charge is 0.220 e. The highest BCUT2D eigenvalue weighted by Crippen LogP contribution is 2.03. The molecular formula is C15H15FN2O. The van der Waals surface area contributed by atoms with Crippen molar-refractivity contribution in [1.29, 1.82) is 0 Å². The lowest BCUT2D eigenvalue weighted by atomic mass is 10.2. The number of nitrogens with zero attached hydrogens (tertiary/aromatic N) is 1. The fourth-order valence-electron chi connectivity index (χ4n) is 1.68. The van der Waals surface area contributed by atoms with Crippen LogP contribution in [0.5, 0.6) is 0 Å². The largest absolute Gasteiger partial charge is 0.352 e. The van der Waals surface area contributed by atoms with Crippen molar-refractivity contribution in [1.82, 2.24) is 10.3 Å². The van der Waals surface area contributed by atoms with E-state index in [2.05, 4.69) is 10.3 Å². The summed E-state index contributed by atoms with van der Waals surface area (Å²) < 4.78 is 12.7. The Kier molecular flexibility index (Phi) is 4.61. The number of aromatic nitrogens is 1. The topological polar surface area (TPSA) is 42.0 Å². The van der Waals surface area contributed by atoms with E-state index in [4.69, 9.17) is 0 Å². The number of aryl methyl sites for hydroxylation is 1. The summed E-state index contributed by atoms with van der Waals surface area (Å²) in [5, 5.41) is 2.80. The molecule has 0 saturated heterocycles. The zero-order valence-corrected chi connectivity index (χ0v) is 10.5. The van der Waals surface area contributed by atoms with Gasteiger partial charge in [0.2, 0.25) is 5.91 Å². The van der Waals surface area contributed by atoms with Gasteiger partial charge in [-0.15, -0.1) is 0 Å². The van der Waals surface area contributed by atoms with Crippen molar-refractivity contribution in [3.05, 3.63) is 65.7 Å². The van der Waals surface area contributed by atoms with Gasteiger partial charge in [0.15, 0.2) is 0 Å². The van der Waals surface area contributed by atoms with Gasteiger partial charge in [0, 0.05) is 24.9 Å². The fraction of sp³-hybridized carbons (Fsp3) is 0.200. The van der Waals surface area contributed by atoms with Crippen molar-refractivity contribution in [3.8, 4) is 0 Å². The van der Waals surface area contributed by atoms with Crippen LogP contribution >= 0.6 is 0 Å². The van der Waals surface area contributed by atoms with Gasteiger partial charge >= 0.3 is 0 Å². The third-order valence-electron chi connectivity index (χ3n) is 2.74. The van der Waals surface area contributed by atoms with E-state index in [0.29, 0.717) is 19.4 Å². The second kappa shape index (κ2) is 6.64. The molecular weight excluding hydrogens is 243 g/mol. The minimum Gasteiger partial charge on any atom is -0.352 e. The number of amides is 1. The summed E-state index contributed by atoms with van der Waals surface area (Å²) in [6.07, 6.45) is 2.74. The van der Waals surface area contributed by atoms with Gasteiger partial charge in [-0.3, -0.25) is 9.78 Å². The molecule has 1 aromatic heterocycles. The van der Waals surface area contributed by atoms with Gasteiger partial charge in [-0.1, -0.05) is 18.2 Å². The Morgan fingerprint density at radius 1 is 1.16 bits per heavy atom. The van der Waals surface area contributed by atoms with Crippen LogP contribution in [-0.4, -0.2) is 10.9 Å². The molecule has 1 amide bonds. The van der Waals surface area contributed by atoms with Gasteiger partial charge in [-0.25, -0.2) is 4.39 Å². The third kappa shape index (κ3) is 4.50. The second-order valence-electron chi connectivity index (χ2n) is 4.22. The number of carbonyl (C=O) groups is 1. The van der Waals surface area contributed by atoms with Crippen LogP contribution in [0.3, 0.4) is 0 Å². The summed E-state index contributed by atoms with van der Waals surface area (Å²) in [7, 11) is 0. The Bertz CT molecular complexity index is 526. The maximum absolute atomic E-state index is 12.7. The minimum atomic E-state index is -0.273. The highest BCUT2D eigenvalue weighted by Gasteiger charge is 2.03. The van der Waals surface area contributed by atoms with Crippen LogP contribution in [-0.2, 0) is 17.8 Å². The summed E-state index contributed by atoms with van der Waals surface area (Å²) in [6, 6.07) is 11.7. The SMILES string of the molecule is O=C(CCc1ccccn1)NCc1ccc(F)cc1. The maximum atomic E-state index is 12.7. The van der Waals surface area contributed by atoms with Crippen LogP contribution in [0.1, 0.15) is 17.7 Å². The van der Waals surface area contributed by atoms with Crippen molar-refractivity contribution in [3.63, 3.8) is 0 Å². The van der Waals surface area contributed by atoms with E-state index in [0.717, 1.165) is 11.3 Å². The molecule has 3 nitrogen and oxygen atoms in total. The van der Waals surface area contributed by atoms with Crippen LogP contribution in [0.15, 0.2) is 48.7 Å². The molecule has 0 atom stereocenters. The normalized spacial score (nSPS) is 10.2. The first-order valence-electron chi connectivity index (χ1n) is 6.15. The standard InChI is InChI=1S/C15H15FN2O/c16-13-6-4-12(5-7-13)11-18-15(19)9-8-14-3-1-2-10-17-14/h1-7,10H,8-9,11H2,(H,18,19). The summed E-state index contributed by atoms with van der Waals surface area (Å²) >= 11 is 0. The molecule has 98 valence electrons. The minimum absolute atomic E-state index is 0.0324. The molecule has 1 aromatic carbocycles. The van der Waals surface area contributed by atoms with Crippen LogP contribution in [0.2, 0.25) is 0 Å². The van der Waals surface area contributed by atoms with E-state index in [-0.39, 0.29) is 11.7 Å². The number of benzene rings is 1. The van der Waals surface area contributed by atoms with E-state index < -0.39 is 0 Å². The highest BCUT2D eigenvalue weighted by molar-refractivity contribution is 5.76. The van der Waals surface area contributed by atoms with Crippen LogP contribution in [0.25, 0.3) is 0 Å². The molecule has 1 N–H and O–H groups in total. The summed E-state index contributed by atoms with van der Waals surface area (Å²) in [4.78, 5) is 15.8. The zero-order valence-electron chi connectivity index (χ0n) is 10.5. The molecule has 0 bridgehead atoms. The van der Waals surface area contributed by atoms with E-state index in [1.165, 1.54) is 12.1 Å². The number of halogens is 1. The average molecular weight is 258 g/mol. The number of hydrogen-bond donors (Lipinski definition) is 1. The van der Waals surface area contributed by atoms with Gasteiger partial charge in [0.05, 0.1) is 0 Å². The number of carbonyl (C=O) groups excluding carboxylic acids is 1. The molecule has 2 rings (SSSR count). The molecule has 0 fully saturated rings. The van der Waals surface area contributed by atoms with Crippen molar-refractivity contribution in [2.45, 2.75) is 19.4 Å². The molecule has 0 aliphatic rings. The second-order valence-corrected chi connectivity index (χ2v) is 4.22. The van der Waals surface area contributed by atoms with Crippen LogP contribution < -0.4 is 5.32 Å². The van der Waals surface area contributed by atoms with E-state index in [9.17, 15) is 9.18 Å². The lowest BCUT2D eigenvalue weighted by Gasteiger charge is -2.05. The number of nitrogens with one attached hydrogen (secondary N) is 1. The Morgan fingerprint density at radius 2 is 1.95 bits per heavy atom. The molecule has 0 radical (unpaired) electrons. The van der Waals surface area contributed by atoms with Crippen molar-refractivity contribution in [2.24, 2.45) is 0 Å². The van der Waals surface area contributed by atoms with Gasteiger partial charge in [-0.05, 0) is 36.2 Å². The Labute approximate surface area is 111 Å². The first-order chi connectivity index (χ1) is 9.24. The van der Waals surface area contributed by atoms with E-state index in [1.54, 1.807) is 18.3 Å². The molecule has 19 heavy (non-hydrogen) atoms. The van der Waals surface area contributed by atoms with Gasteiger partial charge in [0.1, 0.15) is 5.82 Å². The van der Waals surface area contributed by atoms with Crippen molar-refractivity contribution >= 4 is 5.91 Å². The lowest BCUT2D eigenvalue weighted by molar-refractivity contribution is -0.121. The molecule has 2 aromatic rings. The Hall–Kier alpha value is -2.23. The molecule has 0 spiro atoms. The number of hydrogen-bond acceptors (Lipinski definition) is 2. The number of pyridine rings is 1. The monoisotopic (exact) mass is 258 g/mol. The average Bonchev–Trinajstić information content (AvgIpc) is 2.45. The first-order valence-corrected chi connectivity index (χ1v) is 6.15. The van der Waals surface area contributed by atoms with Gasteiger partial charge < -0.3 is 5.32 Å². The maximum Gasteiger partial charge on any atom is 0.220 e. The third-order valence-corrected chi connectivity index (χ3v) is 2.74. The summed E-state index contributed by atoms with van der Waals surface area (Å²) in [6.45, 7) is 0.418.